The van der Waals surface area contributed by atoms with Gasteiger partial charge in [-0.2, -0.15) is 0 Å². The predicted octanol–water partition coefficient (Wildman–Crippen LogP) is 6.24. The van der Waals surface area contributed by atoms with Gasteiger partial charge in [-0.3, -0.25) is 0 Å². The molecule has 1 saturated carbocycles. The number of nitrogens with one attached hydrogen (secondary N) is 2. The van der Waals surface area contributed by atoms with Crippen LogP contribution in [-0.4, -0.2) is 12.1 Å². The maximum Gasteiger partial charge on any atom is 0.319 e. The van der Waals surface area contributed by atoms with Crippen molar-refractivity contribution in [2.24, 2.45) is 0 Å². The van der Waals surface area contributed by atoms with Gasteiger partial charge in [-0.25, -0.2) is 4.79 Å². The summed E-state index contributed by atoms with van der Waals surface area (Å²) in [4.78, 5) is 12.2. The molecule has 0 atom stereocenters. The van der Waals surface area contributed by atoms with E-state index in [2.05, 4.69) is 26.6 Å². The summed E-state index contributed by atoms with van der Waals surface area (Å²) in [6, 6.07) is 7.92. The first-order chi connectivity index (χ1) is 11.2. The third-order valence-electron chi connectivity index (χ3n) is 4.54. The number of hydrogen-bond acceptors (Lipinski definition) is 1. The van der Waals surface area contributed by atoms with E-state index in [0.717, 1.165) is 23.0 Å². The standard InChI is InChI=1S/C19H29BrN2O/c20-16-12-14-18(15-13-16)22-19(23)21-17-10-8-6-4-2-1-3-5-7-9-11-17/h12-15,17H,1-11H2,(H2,21,22,23). The van der Waals surface area contributed by atoms with E-state index in [0.29, 0.717) is 6.04 Å². The van der Waals surface area contributed by atoms with Crippen molar-refractivity contribution in [3.05, 3.63) is 28.7 Å². The average Bonchev–Trinajstić information content (AvgIpc) is 2.52. The number of urea groups is 1. The third kappa shape index (κ3) is 7.87. The van der Waals surface area contributed by atoms with Gasteiger partial charge >= 0.3 is 6.03 Å². The van der Waals surface area contributed by atoms with Crippen molar-refractivity contribution < 1.29 is 4.79 Å². The number of rotatable bonds is 2. The Labute approximate surface area is 148 Å². The zero-order chi connectivity index (χ0) is 16.3. The molecule has 0 spiro atoms. The Morgan fingerprint density at radius 1 is 0.826 bits per heavy atom. The number of anilines is 1. The zero-order valence-electron chi connectivity index (χ0n) is 14.0. The number of carbonyl (C=O) groups excluding carboxylic acids is 1. The van der Waals surface area contributed by atoms with Crippen LogP contribution in [0, 0.1) is 0 Å². The number of halogens is 1. The normalized spacial score (nSPS) is 18.5. The number of hydrogen-bond donors (Lipinski definition) is 2. The molecule has 0 aromatic heterocycles. The fourth-order valence-electron chi connectivity index (χ4n) is 3.19. The second-order valence-corrected chi connectivity index (χ2v) is 7.48. The van der Waals surface area contributed by atoms with Gasteiger partial charge in [0, 0.05) is 16.2 Å². The third-order valence-corrected chi connectivity index (χ3v) is 5.07. The van der Waals surface area contributed by atoms with Crippen molar-refractivity contribution in [1.29, 1.82) is 0 Å². The molecule has 23 heavy (non-hydrogen) atoms. The van der Waals surface area contributed by atoms with Crippen LogP contribution in [0.3, 0.4) is 0 Å². The van der Waals surface area contributed by atoms with E-state index >= 15 is 0 Å². The molecule has 0 heterocycles. The van der Waals surface area contributed by atoms with Crippen LogP contribution in [0.2, 0.25) is 0 Å². The Balaban J connectivity index is 1.79. The molecule has 0 radical (unpaired) electrons. The van der Waals surface area contributed by atoms with E-state index in [1.165, 1.54) is 57.8 Å². The van der Waals surface area contributed by atoms with E-state index in [-0.39, 0.29) is 6.03 Å². The van der Waals surface area contributed by atoms with Crippen molar-refractivity contribution in [3.63, 3.8) is 0 Å². The highest BCUT2D eigenvalue weighted by atomic mass is 79.9. The van der Waals surface area contributed by atoms with E-state index in [1.807, 2.05) is 24.3 Å². The van der Waals surface area contributed by atoms with Crippen LogP contribution in [-0.2, 0) is 0 Å². The van der Waals surface area contributed by atoms with Crippen LogP contribution < -0.4 is 10.6 Å². The molecule has 1 fully saturated rings. The molecule has 0 bridgehead atoms. The minimum atomic E-state index is -0.0792. The minimum Gasteiger partial charge on any atom is -0.335 e. The second kappa shape index (κ2) is 10.7. The summed E-state index contributed by atoms with van der Waals surface area (Å²) in [5.41, 5.74) is 0.832. The van der Waals surface area contributed by atoms with Gasteiger partial charge < -0.3 is 10.6 Å². The van der Waals surface area contributed by atoms with Crippen molar-refractivity contribution in [1.82, 2.24) is 5.32 Å². The first-order valence-corrected chi connectivity index (χ1v) is 9.86. The average molecular weight is 381 g/mol. The van der Waals surface area contributed by atoms with Crippen molar-refractivity contribution >= 4 is 27.6 Å². The molecule has 1 aliphatic carbocycles. The van der Waals surface area contributed by atoms with Crippen LogP contribution in [0.25, 0.3) is 0 Å². The lowest BCUT2D eigenvalue weighted by atomic mass is 9.98. The summed E-state index contributed by atoms with van der Waals surface area (Å²) in [6.45, 7) is 0. The molecule has 1 aliphatic rings. The summed E-state index contributed by atoms with van der Waals surface area (Å²) >= 11 is 3.40. The fourth-order valence-corrected chi connectivity index (χ4v) is 3.46. The molecule has 2 rings (SSSR count). The lowest BCUT2D eigenvalue weighted by Crippen LogP contribution is -2.38. The van der Waals surface area contributed by atoms with Gasteiger partial charge in [0.2, 0.25) is 0 Å². The minimum absolute atomic E-state index is 0.0792. The molecule has 1 aromatic rings. The SMILES string of the molecule is O=C(Nc1ccc(Br)cc1)NC1CCCCCCCCCCC1. The maximum atomic E-state index is 12.2. The first kappa shape index (κ1) is 18.3. The fraction of sp³-hybridized carbons (Fsp3) is 0.632. The number of benzene rings is 1. The lowest BCUT2D eigenvalue weighted by molar-refractivity contribution is 0.246. The monoisotopic (exact) mass is 380 g/mol. The lowest BCUT2D eigenvalue weighted by Gasteiger charge is -2.20. The molecule has 128 valence electrons. The molecule has 3 nitrogen and oxygen atoms in total. The molecule has 1 aromatic carbocycles. The molecular weight excluding hydrogens is 352 g/mol. The summed E-state index contributed by atoms with van der Waals surface area (Å²) in [5.74, 6) is 0. The molecule has 2 amide bonds. The summed E-state index contributed by atoms with van der Waals surface area (Å²) < 4.78 is 1.02. The van der Waals surface area contributed by atoms with E-state index < -0.39 is 0 Å². The smallest absolute Gasteiger partial charge is 0.319 e. The first-order valence-electron chi connectivity index (χ1n) is 9.07. The van der Waals surface area contributed by atoms with E-state index in [4.69, 9.17) is 0 Å². The highest BCUT2D eigenvalue weighted by Gasteiger charge is 2.12. The van der Waals surface area contributed by atoms with Crippen LogP contribution >= 0.6 is 15.9 Å². The van der Waals surface area contributed by atoms with Gasteiger partial charge in [-0.15, -0.1) is 0 Å². The highest BCUT2D eigenvalue weighted by molar-refractivity contribution is 9.10. The van der Waals surface area contributed by atoms with E-state index in [9.17, 15) is 4.79 Å². The topological polar surface area (TPSA) is 41.1 Å². The van der Waals surface area contributed by atoms with Crippen molar-refractivity contribution in [3.8, 4) is 0 Å². The zero-order valence-corrected chi connectivity index (χ0v) is 15.5. The van der Waals surface area contributed by atoms with Crippen molar-refractivity contribution in [2.45, 2.75) is 76.7 Å². The highest BCUT2D eigenvalue weighted by Crippen LogP contribution is 2.18. The molecule has 2 N–H and O–H groups in total. The van der Waals surface area contributed by atoms with Gasteiger partial charge in [0.05, 0.1) is 0 Å². The Kier molecular flexibility index (Phi) is 8.51. The quantitative estimate of drug-likeness (QED) is 0.625. The van der Waals surface area contributed by atoms with Crippen LogP contribution in [0.5, 0.6) is 0 Å². The Bertz CT molecular complexity index is 449. The van der Waals surface area contributed by atoms with Gasteiger partial charge in [0.1, 0.15) is 0 Å². The van der Waals surface area contributed by atoms with Crippen LogP contribution in [0.15, 0.2) is 28.7 Å². The van der Waals surface area contributed by atoms with E-state index in [1.54, 1.807) is 0 Å². The maximum absolute atomic E-state index is 12.2. The van der Waals surface area contributed by atoms with Gasteiger partial charge in [0.15, 0.2) is 0 Å². The van der Waals surface area contributed by atoms with Crippen LogP contribution in [0.1, 0.15) is 70.6 Å². The second-order valence-electron chi connectivity index (χ2n) is 6.56. The molecule has 4 heteroatoms. The summed E-state index contributed by atoms with van der Waals surface area (Å²) in [6.07, 6.45) is 14.1. The number of amides is 2. The van der Waals surface area contributed by atoms with Crippen molar-refractivity contribution in [2.75, 3.05) is 5.32 Å². The van der Waals surface area contributed by atoms with Gasteiger partial charge in [0.25, 0.3) is 0 Å². The largest absolute Gasteiger partial charge is 0.335 e. The summed E-state index contributed by atoms with van der Waals surface area (Å²) in [7, 11) is 0. The molecular formula is C19H29BrN2O. The Morgan fingerprint density at radius 2 is 1.30 bits per heavy atom. The van der Waals surface area contributed by atoms with Gasteiger partial charge in [-0.1, -0.05) is 73.7 Å². The number of carbonyl (C=O) groups is 1. The van der Waals surface area contributed by atoms with Gasteiger partial charge in [-0.05, 0) is 37.1 Å². The Morgan fingerprint density at radius 3 is 1.83 bits per heavy atom. The summed E-state index contributed by atoms with van der Waals surface area (Å²) in [5, 5.41) is 6.10. The molecule has 0 aliphatic heterocycles. The molecule has 0 saturated heterocycles. The van der Waals surface area contributed by atoms with Crippen LogP contribution in [0.4, 0.5) is 10.5 Å². The Hall–Kier alpha value is -1.03. The predicted molar refractivity (Wildman–Crippen MR) is 101 cm³/mol. The molecule has 0 unspecified atom stereocenters.